The van der Waals surface area contributed by atoms with Gasteiger partial charge < -0.3 is 14.6 Å². The predicted molar refractivity (Wildman–Crippen MR) is 99.2 cm³/mol. The molecule has 0 aromatic heterocycles. The summed E-state index contributed by atoms with van der Waals surface area (Å²) in [6.07, 6.45) is 11.7. The van der Waals surface area contributed by atoms with Crippen molar-refractivity contribution in [3.05, 3.63) is 0 Å². The summed E-state index contributed by atoms with van der Waals surface area (Å²) in [6, 6.07) is 0. The highest BCUT2D eigenvalue weighted by Gasteiger charge is 2.14. The maximum atomic E-state index is 11.7. The second-order valence-electron chi connectivity index (χ2n) is 6.74. The molecule has 0 amide bonds. The van der Waals surface area contributed by atoms with Crippen LogP contribution >= 0.6 is 0 Å². The zero-order chi connectivity index (χ0) is 18.8. The van der Waals surface area contributed by atoms with E-state index in [0.717, 1.165) is 38.5 Å². The summed E-state index contributed by atoms with van der Waals surface area (Å²) in [5, 5.41) is 9.32. The van der Waals surface area contributed by atoms with Gasteiger partial charge in [0.1, 0.15) is 0 Å². The molecule has 0 aromatic carbocycles. The number of carbonyl (C=O) groups is 2. The third-order valence-electron chi connectivity index (χ3n) is 4.19. The Kier molecular flexibility index (Phi) is 16.9. The van der Waals surface area contributed by atoms with E-state index in [1.54, 1.807) is 0 Å². The van der Waals surface area contributed by atoms with E-state index < -0.39 is 0 Å². The lowest BCUT2D eigenvalue weighted by atomic mass is 10.1. The van der Waals surface area contributed by atoms with Crippen LogP contribution in [-0.2, 0) is 19.1 Å². The highest BCUT2D eigenvalue weighted by atomic mass is 16.5. The van der Waals surface area contributed by atoms with Crippen molar-refractivity contribution in [1.29, 1.82) is 0 Å². The Bertz CT molecular complexity index is 300. The van der Waals surface area contributed by atoms with Crippen LogP contribution < -0.4 is 0 Å². The van der Waals surface area contributed by atoms with E-state index in [0.29, 0.717) is 12.8 Å². The number of esters is 2. The van der Waals surface area contributed by atoms with Gasteiger partial charge in [-0.2, -0.15) is 0 Å². The molecule has 0 saturated carbocycles. The van der Waals surface area contributed by atoms with Crippen LogP contribution in [0, 0.1) is 5.92 Å². The highest BCUT2D eigenvalue weighted by Crippen LogP contribution is 2.08. The maximum absolute atomic E-state index is 11.7. The van der Waals surface area contributed by atoms with Crippen molar-refractivity contribution in [2.24, 2.45) is 5.92 Å². The molecule has 0 heterocycles. The van der Waals surface area contributed by atoms with Gasteiger partial charge in [0.05, 0.1) is 25.7 Å². The van der Waals surface area contributed by atoms with Gasteiger partial charge in [-0.25, -0.2) is 0 Å². The molecule has 0 unspecified atom stereocenters. The summed E-state index contributed by atoms with van der Waals surface area (Å²) in [7, 11) is 0. The molecule has 0 aliphatic rings. The van der Waals surface area contributed by atoms with Crippen LogP contribution in [0.5, 0.6) is 0 Å². The van der Waals surface area contributed by atoms with Crippen molar-refractivity contribution in [3.63, 3.8) is 0 Å². The Labute approximate surface area is 153 Å². The summed E-state index contributed by atoms with van der Waals surface area (Å²) < 4.78 is 10.3. The van der Waals surface area contributed by atoms with Gasteiger partial charge in [-0.3, -0.25) is 9.59 Å². The number of ether oxygens (including phenoxy) is 2. The van der Waals surface area contributed by atoms with Crippen LogP contribution in [0.4, 0.5) is 0 Å². The van der Waals surface area contributed by atoms with Crippen molar-refractivity contribution in [2.75, 3.05) is 19.8 Å². The SMILES string of the molecule is CCCCCCCC(=O)OCC(CO)COC(=O)CCCCCCC. The van der Waals surface area contributed by atoms with Gasteiger partial charge >= 0.3 is 11.9 Å². The van der Waals surface area contributed by atoms with Crippen LogP contribution in [-0.4, -0.2) is 36.9 Å². The molecule has 0 fully saturated rings. The number of rotatable bonds is 17. The van der Waals surface area contributed by atoms with Crippen molar-refractivity contribution in [1.82, 2.24) is 0 Å². The van der Waals surface area contributed by atoms with E-state index in [-0.39, 0.29) is 37.7 Å². The molecule has 0 saturated heterocycles. The van der Waals surface area contributed by atoms with Crippen molar-refractivity contribution >= 4 is 11.9 Å². The van der Waals surface area contributed by atoms with Crippen LogP contribution in [0.1, 0.15) is 90.9 Å². The van der Waals surface area contributed by atoms with Gasteiger partial charge in [-0.1, -0.05) is 65.2 Å². The summed E-state index contributed by atoms with van der Waals surface area (Å²) >= 11 is 0. The first-order valence-corrected chi connectivity index (χ1v) is 10.1. The quantitative estimate of drug-likeness (QED) is 0.308. The first-order valence-electron chi connectivity index (χ1n) is 10.1. The minimum atomic E-state index is -0.340. The normalized spacial score (nSPS) is 10.9. The first kappa shape index (κ1) is 23.9. The van der Waals surface area contributed by atoms with E-state index in [4.69, 9.17) is 9.47 Å². The lowest BCUT2D eigenvalue weighted by Gasteiger charge is -2.15. The Hall–Kier alpha value is -1.10. The molecule has 0 aromatic rings. The molecule has 1 N–H and O–H groups in total. The number of unbranched alkanes of at least 4 members (excludes halogenated alkanes) is 8. The van der Waals surface area contributed by atoms with E-state index >= 15 is 0 Å². The predicted octanol–water partition coefficient (Wildman–Crippen LogP) is 4.40. The first-order chi connectivity index (χ1) is 12.1. The molecule has 148 valence electrons. The maximum Gasteiger partial charge on any atom is 0.305 e. The second kappa shape index (κ2) is 17.7. The zero-order valence-electron chi connectivity index (χ0n) is 16.3. The molecule has 5 nitrogen and oxygen atoms in total. The number of carbonyl (C=O) groups excluding carboxylic acids is 2. The summed E-state index contributed by atoms with van der Waals surface area (Å²) in [5.41, 5.74) is 0. The molecule has 5 heteroatoms. The van der Waals surface area contributed by atoms with E-state index in [1.165, 1.54) is 25.7 Å². The van der Waals surface area contributed by atoms with E-state index in [2.05, 4.69) is 13.8 Å². The topological polar surface area (TPSA) is 72.8 Å². The minimum Gasteiger partial charge on any atom is -0.465 e. The van der Waals surface area contributed by atoms with Gasteiger partial charge in [-0.15, -0.1) is 0 Å². The zero-order valence-corrected chi connectivity index (χ0v) is 16.3. The molecule has 0 atom stereocenters. The number of aliphatic hydroxyl groups is 1. The molecule has 25 heavy (non-hydrogen) atoms. The summed E-state index contributed by atoms with van der Waals surface area (Å²) in [6.45, 7) is 4.36. The Morgan fingerprint density at radius 3 is 1.48 bits per heavy atom. The van der Waals surface area contributed by atoms with Gasteiger partial charge in [0.25, 0.3) is 0 Å². The van der Waals surface area contributed by atoms with Crippen molar-refractivity contribution in [3.8, 4) is 0 Å². The third kappa shape index (κ3) is 16.1. The Morgan fingerprint density at radius 2 is 1.12 bits per heavy atom. The lowest BCUT2D eigenvalue weighted by molar-refractivity contribution is -0.149. The summed E-state index contributed by atoms with van der Waals surface area (Å²) in [4.78, 5) is 23.3. The molecule has 0 aliphatic heterocycles. The third-order valence-corrected chi connectivity index (χ3v) is 4.19. The highest BCUT2D eigenvalue weighted by molar-refractivity contribution is 5.69. The van der Waals surface area contributed by atoms with Crippen LogP contribution in [0.25, 0.3) is 0 Å². The molecular formula is C20H38O5. The molecular weight excluding hydrogens is 320 g/mol. The van der Waals surface area contributed by atoms with E-state index in [9.17, 15) is 14.7 Å². The number of aliphatic hydroxyl groups excluding tert-OH is 1. The monoisotopic (exact) mass is 358 g/mol. The fraction of sp³-hybridized carbons (Fsp3) is 0.900. The van der Waals surface area contributed by atoms with Crippen molar-refractivity contribution in [2.45, 2.75) is 90.9 Å². The van der Waals surface area contributed by atoms with Crippen LogP contribution in [0.15, 0.2) is 0 Å². The lowest BCUT2D eigenvalue weighted by Crippen LogP contribution is -2.23. The van der Waals surface area contributed by atoms with Crippen LogP contribution in [0.3, 0.4) is 0 Å². The Morgan fingerprint density at radius 1 is 0.720 bits per heavy atom. The van der Waals surface area contributed by atoms with Gasteiger partial charge in [0, 0.05) is 12.8 Å². The van der Waals surface area contributed by atoms with E-state index in [1.807, 2.05) is 0 Å². The molecule has 0 radical (unpaired) electrons. The fourth-order valence-corrected chi connectivity index (χ4v) is 2.47. The summed E-state index contributed by atoms with van der Waals surface area (Å²) in [5.74, 6) is -0.817. The standard InChI is InChI=1S/C20H38O5/c1-3-5-7-9-11-13-19(22)24-16-18(15-21)17-25-20(23)14-12-10-8-6-4-2/h18,21H,3-17H2,1-2H3. The van der Waals surface area contributed by atoms with Gasteiger partial charge in [0.15, 0.2) is 0 Å². The smallest absolute Gasteiger partial charge is 0.305 e. The average molecular weight is 359 g/mol. The number of hydrogen-bond acceptors (Lipinski definition) is 5. The molecule has 0 bridgehead atoms. The Balaban J connectivity index is 3.69. The minimum absolute atomic E-state index is 0.105. The largest absolute Gasteiger partial charge is 0.465 e. The average Bonchev–Trinajstić information content (AvgIpc) is 2.61. The fourth-order valence-electron chi connectivity index (χ4n) is 2.47. The van der Waals surface area contributed by atoms with Gasteiger partial charge in [0.2, 0.25) is 0 Å². The van der Waals surface area contributed by atoms with Crippen LogP contribution in [0.2, 0.25) is 0 Å². The molecule has 0 aliphatic carbocycles. The number of hydrogen-bond donors (Lipinski definition) is 1. The molecule has 0 rings (SSSR count). The van der Waals surface area contributed by atoms with Crippen molar-refractivity contribution < 1.29 is 24.2 Å². The van der Waals surface area contributed by atoms with Gasteiger partial charge in [-0.05, 0) is 12.8 Å². The molecule has 0 spiro atoms. The second-order valence-corrected chi connectivity index (χ2v) is 6.74.